The molecule has 2 fully saturated rings. The van der Waals surface area contributed by atoms with E-state index < -0.39 is 0 Å². The number of hydrogen-bond acceptors (Lipinski definition) is 4. The monoisotopic (exact) mass is 444 g/mol. The van der Waals surface area contributed by atoms with E-state index in [-0.39, 0.29) is 11.2 Å². The molecule has 0 spiro atoms. The molecular weight excluding hydrogens is 420 g/mol. The molecule has 7 rings (SSSR count). The lowest BCUT2D eigenvalue weighted by Crippen LogP contribution is -2.12. The first-order valence-corrected chi connectivity index (χ1v) is 12.0. The topological polar surface area (TPSA) is 60.2 Å². The van der Waals surface area contributed by atoms with Crippen LogP contribution in [0.5, 0.6) is 0 Å². The average molecular weight is 445 g/mol. The van der Waals surface area contributed by atoms with Gasteiger partial charge in [-0.2, -0.15) is 0 Å². The molecule has 34 heavy (non-hydrogen) atoms. The van der Waals surface area contributed by atoms with Crippen LogP contribution in [0.4, 0.5) is 0 Å². The summed E-state index contributed by atoms with van der Waals surface area (Å²) in [5, 5.41) is 1.16. The maximum atomic E-state index is 12.7. The molecule has 0 atom stereocenters. The van der Waals surface area contributed by atoms with E-state index in [9.17, 15) is 4.79 Å². The number of fused-ring (bicyclic) bond motifs is 2. The fourth-order valence-corrected chi connectivity index (χ4v) is 5.14. The lowest BCUT2D eigenvalue weighted by molar-refractivity contribution is 0.0976. The number of aromatic nitrogens is 4. The SMILES string of the molecule is O=C(CC1CC1)c1cccc(-c2cnc3ncc(C4(c5ccc6ncccc6c5)CC4)n3c2)c1. The third kappa shape index (κ3) is 3.23. The van der Waals surface area contributed by atoms with Crippen molar-refractivity contribution in [1.29, 1.82) is 0 Å². The van der Waals surface area contributed by atoms with Crippen molar-refractivity contribution in [2.45, 2.75) is 37.5 Å². The van der Waals surface area contributed by atoms with Gasteiger partial charge in [-0.1, -0.05) is 30.3 Å². The molecule has 2 aromatic carbocycles. The largest absolute Gasteiger partial charge is 0.294 e. The Hall–Kier alpha value is -3.86. The van der Waals surface area contributed by atoms with Gasteiger partial charge in [-0.05, 0) is 67.0 Å². The summed E-state index contributed by atoms with van der Waals surface area (Å²) >= 11 is 0. The number of rotatable bonds is 6. The van der Waals surface area contributed by atoms with Gasteiger partial charge in [0.15, 0.2) is 5.78 Å². The van der Waals surface area contributed by atoms with E-state index in [1.807, 2.05) is 42.9 Å². The van der Waals surface area contributed by atoms with Crippen LogP contribution in [-0.4, -0.2) is 25.1 Å². The van der Waals surface area contributed by atoms with Gasteiger partial charge < -0.3 is 0 Å². The smallest absolute Gasteiger partial charge is 0.233 e. The molecule has 2 saturated carbocycles. The number of hydrogen-bond donors (Lipinski definition) is 0. The molecule has 3 heterocycles. The lowest BCUT2D eigenvalue weighted by Gasteiger charge is -2.17. The van der Waals surface area contributed by atoms with Crippen molar-refractivity contribution in [1.82, 2.24) is 19.4 Å². The number of carbonyl (C=O) groups is 1. The first-order chi connectivity index (χ1) is 16.7. The summed E-state index contributed by atoms with van der Waals surface area (Å²) in [7, 11) is 0. The van der Waals surface area contributed by atoms with Crippen LogP contribution in [0.1, 0.15) is 53.7 Å². The van der Waals surface area contributed by atoms with Crippen LogP contribution in [0, 0.1) is 5.92 Å². The van der Waals surface area contributed by atoms with E-state index >= 15 is 0 Å². The number of nitrogens with zero attached hydrogens (tertiary/aromatic N) is 4. The number of carbonyl (C=O) groups excluding carboxylic acids is 1. The molecule has 166 valence electrons. The minimum Gasteiger partial charge on any atom is -0.294 e. The van der Waals surface area contributed by atoms with Crippen LogP contribution in [0.2, 0.25) is 0 Å². The molecule has 0 aliphatic heterocycles. The standard InChI is InChI=1S/C29H24N4O/c34-26(13-19-6-7-19)22-4-1-3-20(14-22)23-16-31-28-32-17-27(33(28)18-23)29(10-11-29)24-8-9-25-21(15-24)5-2-12-30-25/h1-5,8-9,12,14-19H,6-7,10-11,13H2. The van der Waals surface area contributed by atoms with Gasteiger partial charge in [-0.25, -0.2) is 9.97 Å². The fraction of sp³-hybridized carbons (Fsp3) is 0.241. The first-order valence-electron chi connectivity index (χ1n) is 12.0. The Kier molecular flexibility index (Phi) is 4.22. The second-order valence-corrected chi connectivity index (χ2v) is 9.80. The van der Waals surface area contributed by atoms with Crippen molar-refractivity contribution in [2.24, 2.45) is 5.92 Å². The van der Waals surface area contributed by atoms with E-state index in [4.69, 9.17) is 0 Å². The molecule has 0 radical (unpaired) electrons. The summed E-state index contributed by atoms with van der Waals surface area (Å²) in [6.45, 7) is 0. The van der Waals surface area contributed by atoms with Gasteiger partial charge in [0.2, 0.25) is 5.78 Å². The molecule has 0 saturated heterocycles. The van der Waals surface area contributed by atoms with Crippen LogP contribution < -0.4 is 0 Å². The van der Waals surface area contributed by atoms with Crippen LogP contribution in [0.25, 0.3) is 27.8 Å². The number of imidazole rings is 1. The number of pyridine rings is 1. The molecule has 2 aliphatic carbocycles. The lowest BCUT2D eigenvalue weighted by atomic mass is 9.91. The average Bonchev–Trinajstić information content (AvgIpc) is 3.82. The Morgan fingerprint density at radius 3 is 2.68 bits per heavy atom. The van der Waals surface area contributed by atoms with Gasteiger partial charge >= 0.3 is 0 Å². The highest BCUT2D eigenvalue weighted by atomic mass is 16.1. The summed E-state index contributed by atoms with van der Waals surface area (Å²) in [6.07, 6.45) is 13.0. The van der Waals surface area contributed by atoms with Crippen molar-refractivity contribution in [3.63, 3.8) is 0 Å². The van der Waals surface area contributed by atoms with E-state index in [2.05, 4.69) is 55.9 Å². The first kappa shape index (κ1) is 19.6. The second kappa shape index (κ2) is 7.32. The van der Waals surface area contributed by atoms with Crippen molar-refractivity contribution < 1.29 is 4.79 Å². The van der Waals surface area contributed by atoms with Gasteiger partial charge in [-0.3, -0.25) is 14.2 Å². The molecule has 0 amide bonds. The molecule has 0 bridgehead atoms. The molecular formula is C29H24N4O. The molecule has 2 aliphatic rings. The van der Waals surface area contributed by atoms with Crippen LogP contribution in [0.15, 0.2) is 79.4 Å². The van der Waals surface area contributed by atoms with Crippen LogP contribution in [-0.2, 0) is 5.41 Å². The zero-order valence-electron chi connectivity index (χ0n) is 18.8. The van der Waals surface area contributed by atoms with E-state index in [1.165, 1.54) is 24.1 Å². The highest BCUT2D eigenvalue weighted by Gasteiger charge is 2.48. The van der Waals surface area contributed by atoms with Crippen LogP contribution >= 0.6 is 0 Å². The zero-order valence-corrected chi connectivity index (χ0v) is 18.8. The molecule has 5 nitrogen and oxygen atoms in total. The fourth-order valence-electron chi connectivity index (χ4n) is 5.14. The normalized spacial score (nSPS) is 16.7. The number of Topliss-reactive ketones (excluding diaryl/α,β-unsaturated/α-hetero) is 1. The van der Waals surface area contributed by atoms with E-state index in [0.29, 0.717) is 18.1 Å². The third-order valence-corrected chi connectivity index (χ3v) is 7.45. The third-order valence-electron chi connectivity index (χ3n) is 7.45. The zero-order chi connectivity index (χ0) is 22.7. The van der Waals surface area contributed by atoms with Crippen molar-refractivity contribution >= 4 is 22.5 Å². The van der Waals surface area contributed by atoms with Crippen LogP contribution in [0.3, 0.4) is 0 Å². The highest BCUT2D eigenvalue weighted by molar-refractivity contribution is 5.97. The quantitative estimate of drug-likeness (QED) is 0.301. The Balaban J connectivity index is 1.29. The predicted octanol–water partition coefficient (Wildman–Crippen LogP) is 6.01. The highest BCUT2D eigenvalue weighted by Crippen LogP contribution is 2.53. The van der Waals surface area contributed by atoms with Gasteiger partial charge in [0.1, 0.15) is 0 Å². The van der Waals surface area contributed by atoms with Crippen molar-refractivity contribution in [2.75, 3.05) is 0 Å². The molecule has 0 N–H and O–H groups in total. The minimum atomic E-state index is -0.0498. The number of benzene rings is 2. The second-order valence-electron chi connectivity index (χ2n) is 9.80. The maximum absolute atomic E-state index is 12.7. The predicted molar refractivity (Wildman–Crippen MR) is 132 cm³/mol. The van der Waals surface area contributed by atoms with Crippen molar-refractivity contribution in [3.8, 4) is 11.1 Å². The molecule has 3 aromatic heterocycles. The van der Waals surface area contributed by atoms with Gasteiger partial charge in [0.05, 0.1) is 17.4 Å². The molecule has 5 heteroatoms. The molecule has 0 unspecified atom stereocenters. The summed E-state index contributed by atoms with van der Waals surface area (Å²) in [5.74, 6) is 1.53. The number of ketones is 1. The van der Waals surface area contributed by atoms with Gasteiger partial charge in [0.25, 0.3) is 0 Å². The summed E-state index contributed by atoms with van der Waals surface area (Å²) < 4.78 is 2.13. The summed E-state index contributed by atoms with van der Waals surface area (Å²) in [5.41, 5.74) is 6.22. The maximum Gasteiger partial charge on any atom is 0.233 e. The summed E-state index contributed by atoms with van der Waals surface area (Å²) in [6, 6.07) is 18.6. The molecule has 5 aromatic rings. The summed E-state index contributed by atoms with van der Waals surface area (Å²) in [4.78, 5) is 26.4. The Morgan fingerprint density at radius 2 is 1.82 bits per heavy atom. The van der Waals surface area contributed by atoms with E-state index in [0.717, 1.165) is 40.4 Å². The van der Waals surface area contributed by atoms with Crippen molar-refractivity contribution in [3.05, 3.63) is 96.2 Å². The Bertz CT molecular complexity index is 1580. The Labute approximate surface area is 197 Å². The minimum absolute atomic E-state index is 0.0498. The van der Waals surface area contributed by atoms with Gasteiger partial charge in [-0.15, -0.1) is 0 Å². The van der Waals surface area contributed by atoms with Gasteiger partial charge in [0, 0.05) is 46.9 Å². The Morgan fingerprint density at radius 1 is 0.941 bits per heavy atom. The van der Waals surface area contributed by atoms with E-state index in [1.54, 1.807) is 0 Å².